The zero-order chi connectivity index (χ0) is 18.9. The Kier molecular flexibility index (Phi) is 7.02. The van der Waals surface area contributed by atoms with Crippen molar-refractivity contribution in [3.8, 4) is 11.5 Å². The van der Waals surface area contributed by atoms with Crippen LogP contribution in [0.1, 0.15) is 12.5 Å². The highest BCUT2D eigenvalue weighted by Crippen LogP contribution is 2.22. The maximum Gasteiger partial charge on any atom is 0.260 e. The van der Waals surface area contributed by atoms with Crippen molar-refractivity contribution in [2.24, 2.45) is 0 Å². The number of carbonyl (C=O) groups is 2. The van der Waals surface area contributed by atoms with Crippen molar-refractivity contribution in [2.45, 2.75) is 13.8 Å². The molecule has 0 saturated carbocycles. The Hall–Kier alpha value is -3.02. The van der Waals surface area contributed by atoms with E-state index in [1.807, 2.05) is 44.2 Å². The lowest BCUT2D eigenvalue weighted by Gasteiger charge is -2.21. The van der Waals surface area contributed by atoms with Crippen LogP contribution in [0.3, 0.4) is 0 Å². The molecule has 0 heterocycles. The number of rotatable bonds is 8. The molecule has 6 heteroatoms. The number of ether oxygens (including phenoxy) is 2. The second kappa shape index (κ2) is 9.46. The van der Waals surface area contributed by atoms with Crippen LogP contribution < -0.4 is 14.8 Å². The fourth-order valence-corrected chi connectivity index (χ4v) is 2.44. The quantitative estimate of drug-likeness (QED) is 0.790. The number of nitrogens with one attached hydrogen (secondary N) is 1. The topological polar surface area (TPSA) is 67.9 Å². The minimum Gasteiger partial charge on any atom is -0.495 e. The Morgan fingerprint density at radius 2 is 1.69 bits per heavy atom. The van der Waals surface area contributed by atoms with Gasteiger partial charge in [-0.15, -0.1) is 0 Å². The molecule has 2 aromatic carbocycles. The minimum absolute atomic E-state index is 0.0511. The molecule has 2 amide bonds. The SMILES string of the molecule is CCN(CC(=O)Nc1ccccc1OC)C(=O)COc1ccccc1C. The van der Waals surface area contributed by atoms with Gasteiger partial charge in [0.1, 0.15) is 11.5 Å². The molecule has 2 rings (SSSR count). The number of carbonyl (C=O) groups excluding carboxylic acids is 2. The largest absolute Gasteiger partial charge is 0.495 e. The number of methoxy groups -OCH3 is 1. The van der Waals surface area contributed by atoms with Crippen LogP contribution in [0.4, 0.5) is 5.69 Å². The molecular formula is C20H24N2O4. The molecule has 26 heavy (non-hydrogen) atoms. The fourth-order valence-electron chi connectivity index (χ4n) is 2.44. The van der Waals surface area contributed by atoms with Gasteiger partial charge in [0.05, 0.1) is 19.3 Å². The van der Waals surface area contributed by atoms with Crippen LogP contribution in [0.25, 0.3) is 0 Å². The second-order valence-electron chi connectivity index (χ2n) is 5.71. The first-order valence-electron chi connectivity index (χ1n) is 8.44. The predicted molar refractivity (Wildman–Crippen MR) is 101 cm³/mol. The molecular weight excluding hydrogens is 332 g/mol. The average molecular weight is 356 g/mol. The summed E-state index contributed by atoms with van der Waals surface area (Å²) >= 11 is 0. The monoisotopic (exact) mass is 356 g/mol. The highest BCUT2D eigenvalue weighted by molar-refractivity contribution is 5.95. The third-order valence-electron chi connectivity index (χ3n) is 3.89. The summed E-state index contributed by atoms with van der Waals surface area (Å²) < 4.78 is 10.8. The van der Waals surface area contributed by atoms with E-state index in [0.717, 1.165) is 5.56 Å². The Labute approximate surface area is 153 Å². The van der Waals surface area contributed by atoms with E-state index >= 15 is 0 Å². The lowest BCUT2D eigenvalue weighted by Crippen LogP contribution is -2.40. The van der Waals surface area contributed by atoms with Crippen LogP contribution in [0.2, 0.25) is 0 Å². The highest BCUT2D eigenvalue weighted by atomic mass is 16.5. The molecule has 2 aromatic rings. The first kappa shape index (κ1) is 19.3. The first-order valence-corrected chi connectivity index (χ1v) is 8.44. The normalized spacial score (nSPS) is 10.1. The summed E-state index contributed by atoms with van der Waals surface area (Å²) in [5.74, 6) is 0.694. The van der Waals surface area contributed by atoms with Crippen LogP contribution in [-0.4, -0.2) is 43.5 Å². The van der Waals surface area contributed by atoms with E-state index in [4.69, 9.17) is 9.47 Å². The van der Waals surface area contributed by atoms with E-state index in [0.29, 0.717) is 23.7 Å². The van der Waals surface area contributed by atoms with Crippen molar-refractivity contribution >= 4 is 17.5 Å². The number of amides is 2. The maximum absolute atomic E-state index is 12.4. The van der Waals surface area contributed by atoms with Gasteiger partial charge in [-0.2, -0.15) is 0 Å². The molecule has 0 spiro atoms. The summed E-state index contributed by atoms with van der Waals surface area (Å²) in [4.78, 5) is 26.1. The Bertz CT molecular complexity index is 761. The molecule has 0 aromatic heterocycles. The fraction of sp³-hybridized carbons (Fsp3) is 0.300. The maximum atomic E-state index is 12.4. The number of anilines is 1. The third-order valence-corrected chi connectivity index (χ3v) is 3.89. The van der Waals surface area contributed by atoms with Crippen LogP contribution >= 0.6 is 0 Å². The smallest absolute Gasteiger partial charge is 0.260 e. The number of benzene rings is 2. The number of aryl methyl sites for hydroxylation is 1. The molecule has 0 aliphatic carbocycles. The summed E-state index contributed by atoms with van der Waals surface area (Å²) in [7, 11) is 1.54. The summed E-state index contributed by atoms with van der Waals surface area (Å²) in [6, 6.07) is 14.6. The van der Waals surface area contributed by atoms with E-state index in [1.165, 1.54) is 12.0 Å². The molecule has 0 aliphatic rings. The second-order valence-corrected chi connectivity index (χ2v) is 5.71. The zero-order valence-electron chi connectivity index (χ0n) is 15.3. The van der Waals surface area contributed by atoms with Crippen molar-refractivity contribution in [3.63, 3.8) is 0 Å². The van der Waals surface area contributed by atoms with Gasteiger partial charge in [0.15, 0.2) is 6.61 Å². The summed E-state index contributed by atoms with van der Waals surface area (Å²) in [6.45, 7) is 3.99. The van der Waals surface area contributed by atoms with Crippen LogP contribution in [0, 0.1) is 6.92 Å². The van der Waals surface area contributed by atoms with Gasteiger partial charge >= 0.3 is 0 Å². The van der Waals surface area contributed by atoms with Gasteiger partial charge in [-0.3, -0.25) is 9.59 Å². The van der Waals surface area contributed by atoms with Gasteiger partial charge in [-0.05, 0) is 37.6 Å². The van der Waals surface area contributed by atoms with E-state index < -0.39 is 0 Å². The Balaban J connectivity index is 1.92. The number of hydrogen-bond donors (Lipinski definition) is 1. The van der Waals surface area contributed by atoms with Crippen molar-refractivity contribution in [1.82, 2.24) is 4.90 Å². The summed E-state index contributed by atoms with van der Waals surface area (Å²) in [5.41, 5.74) is 1.52. The van der Waals surface area contributed by atoms with E-state index in [2.05, 4.69) is 5.32 Å². The van der Waals surface area contributed by atoms with Gasteiger partial charge < -0.3 is 19.7 Å². The number of hydrogen-bond acceptors (Lipinski definition) is 4. The predicted octanol–water partition coefficient (Wildman–Crippen LogP) is 2.87. The molecule has 0 aliphatic heterocycles. The number of para-hydroxylation sites is 3. The van der Waals surface area contributed by atoms with Crippen LogP contribution in [0.5, 0.6) is 11.5 Å². The number of likely N-dealkylation sites (N-methyl/N-ethyl adjacent to an activating group) is 1. The van der Waals surface area contributed by atoms with Gasteiger partial charge in [-0.25, -0.2) is 0 Å². The van der Waals surface area contributed by atoms with Gasteiger partial charge in [0.25, 0.3) is 5.91 Å². The van der Waals surface area contributed by atoms with Crippen molar-refractivity contribution in [2.75, 3.05) is 32.1 Å². The highest BCUT2D eigenvalue weighted by Gasteiger charge is 2.17. The van der Waals surface area contributed by atoms with Crippen LogP contribution in [-0.2, 0) is 9.59 Å². The lowest BCUT2D eigenvalue weighted by atomic mass is 10.2. The van der Waals surface area contributed by atoms with Gasteiger partial charge in [-0.1, -0.05) is 30.3 Å². The lowest BCUT2D eigenvalue weighted by molar-refractivity contribution is -0.136. The summed E-state index contributed by atoms with van der Waals surface area (Å²) in [6.07, 6.45) is 0. The molecule has 0 radical (unpaired) electrons. The molecule has 0 unspecified atom stereocenters. The van der Waals surface area contributed by atoms with E-state index in [9.17, 15) is 9.59 Å². The summed E-state index contributed by atoms with van der Waals surface area (Å²) in [5, 5.41) is 2.77. The zero-order valence-corrected chi connectivity index (χ0v) is 15.3. The molecule has 6 nitrogen and oxygen atoms in total. The standard InChI is InChI=1S/C20H24N2O4/c1-4-22(20(24)14-26-17-11-7-5-9-15(17)2)13-19(23)21-16-10-6-8-12-18(16)25-3/h5-12H,4,13-14H2,1-3H3,(H,21,23). The minimum atomic E-state index is -0.291. The Morgan fingerprint density at radius 3 is 2.35 bits per heavy atom. The molecule has 0 fully saturated rings. The average Bonchev–Trinajstić information content (AvgIpc) is 2.65. The van der Waals surface area contributed by atoms with Crippen molar-refractivity contribution in [1.29, 1.82) is 0 Å². The van der Waals surface area contributed by atoms with Crippen molar-refractivity contribution in [3.05, 3.63) is 54.1 Å². The van der Waals surface area contributed by atoms with Crippen LogP contribution in [0.15, 0.2) is 48.5 Å². The molecule has 0 saturated heterocycles. The third kappa shape index (κ3) is 5.24. The Morgan fingerprint density at radius 1 is 1.04 bits per heavy atom. The molecule has 138 valence electrons. The van der Waals surface area contributed by atoms with Crippen molar-refractivity contribution < 1.29 is 19.1 Å². The van der Waals surface area contributed by atoms with Gasteiger partial charge in [0, 0.05) is 6.54 Å². The molecule has 0 bridgehead atoms. The first-order chi connectivity index (χ1) is 12.5. The number of nitrogens with zero attached hydrogens (tertiary/aromatic N) is 1. The van der Waals surface area contributed by atoms with Gasteiger partial charge in [0.2, 0.25) is 5.91 Å². The molecule has 0 atom stereocenters. The molecule has 1 N–H and O–H groups in total. The van der Waals surface area contributed by atoms with E-state index in [1.54, 1.807) is 18.2 Å². The van der Waals surface area contributed by atoms with E-state index in [-0.39, 0.29) is 25.0 Å².